The van der Waals surface area contributed by atoms with Gasteiger partial charge in [-0.15, -0.1) is 0 Å². The Morgan fingerprint density at radius 2 is 1.52 bits per heavy atom. The molecular formula is C16H11F2NO4. The number of carbonyl (C=O) groups excluding carboxylic acids is 3. The Labute approximate surface area is 129 Å². The number of hydrogen-bond donors (Lipinski definition) is 1. The minimum Gasteiger partial charge on any atom is -0.452 e. The highest BCUT2D eigenvalue weighted by molar-refractivity contribution is 6.05. The van der Waals surface area contributed by atoms with Crippen LogP contribution in [0, 0.1) is 11.6 Å². The van der Waals surface area contributed by atoms with E-state index in [0.29, 0.717) is 0 Å². The van der Waals surface area contributed by atoms with Crippen LogP contribution in [0.2, 0.25) is 0 Å². The second kappa shape index (κ2) is 7.26. The molecule has 0 aliphatic rings. The number of rotatable bonds is 4. The van der Waals surface area contributed by atoms with Crippen molar-refractivity contribution in [3.8, 4) is 0 Å². The van der Waals surface area contributed by atoms with E-state index in [-0.39, 0.29) is 5.56 Å². The molecule has 5 nitrogen and oxygen atoms in total. The van der Waals surface area contributed by atoms with Crippen LogP contribution in [0.15, 0.2) is 48.5 Å². The molecule has 1 N–H and O–H groups in total. The van der Waals surface area contributed by atoms with Crippen LogP contribution in [0.25, 0.3) is 0 Å². The van der Waals surface area contributed by atoms with Gasteiger partial charge >= 0.3 is 5.97 Å². The summed E-state index contributed by atoms with van der Waals surface area (Å²) in [5, 5.41) is 1.99. The van der Waals surface area contributed by atoms with Crippen molar-refractivity contribution in [1.82, 2.24) is 5.32 Å². The molecule has 0 saturated heterocycles. The van der Waals surface area contributed by atoms with Gasteiger partial charge in [0.25, 0.3) is 11.8 Å². The molecule has 0 fully saturated rings. The van der Waals surface area contributed by atoms with E-state index < -0.39 is 41.6 Å². The van der Waals surface area contributed by atoms with Gasteiger partial charge in [0.15, 0.2) is 6.61 Å². The molecule has 0 bridgehead atoms. The molecule has 118 valence electrons. The average Bonchev–Trinajstić information content (AvgIpc) is 2.53. The van der Waals surface area contributed by atoms with Crippen LogP contribution in [-0.2, 0) is 9.53 Å². The summed E-state index contributed by atoms with van der Waals surface area (Å²) in [5.74, 6) is -5.12. The molecule has 23 heavy (non-hydrogen) atoms. The minimum atomic E-state index is -1.33. The SMILES string of the molecule is O=C(COC(=O)c1c(F)cccc1F)NC(=O)c1ccccc1. The van der Waals surface area contributed by atoms with E-state index >= 15 is 0 Å². The van der Waals surface area contributed by atoms with Crippen molar-refractivity contribution in [3.05, 3.63) is 71.3 Å². The van der Waals surface area contributed by atoms with E-state index in [1.165, 1.54) is 12.1 Å². The lowest BCUT2D eigenvalue weighted by molar-refractivity contribution is -0.123. The maximum absolute atomic E-state index is 13.4. The summed E-state index contributed by atoms with van der Waals surface area (Å²) >= 11 is 0. The number of nitrogens with one attached hydrogen (secondary N) is 1. The fourth-order valence-electron chi connectivity index (χ4n) is 1.72. The lowest BCUT2D eigenvalue weighted by Gasteiger charge is -2.07. The van der Waals surface area contributed by atoms with Crippen LogP contribution in [0.1, 0.15) is 20.7 Å². The van der Waals surface area contributed by atoms with Crippen molar-refractivity contribution >= 4 is 17.8 Å². The summed E-state index contributed by atoms with van der Waals surface area (Å²) in [6.45, 7) is -0.842. The van der Waals surface area contributed by atoms with Crippen LogP contribution in [0.3, 0.4) is 0 Å². The number of hydrogen-bond acceptors (Lipinski definition) is 4. The topological polar surface area (TPSA) is 72.5 Å². The van der Waals surface area contributed by atoms with Gasteiger partial charge in [-0.25, -0.2) is 13.6 Å². The summed E-state index contributed by atoms with van der Waals surface area (Å²) in [6, 6.07) is 10.8. The van der Waals surface area contributed by atoms with Crippen LogP contribution in [0.5, 0.6) is 0 Å². The number of halogens is 2. The molecule has 0 atom stereocenters. The average molecular weight is 319 g/mol. The van der Waals surface area contributed by atoms with E-state index in [2.05, 4.69) is 4.74 Å². The predicted molar refractivity (Wildman–Crippen MR) is 75.6 cm³/mol. The molecule has 0 aromatic heterocycles. The Morgan fingerprint density at radius 1 is 0.913 bits per heavy atom. The standard InChI is InChI=1S/C16H11F2NO4/c17-11-7-4-8-12(18)14(11)16(22)23-9-13(20)19-15(21)10-5-2-1-3-6-10/h1-8H,9H2,(H,19,20,21). The Hall–Kier alpha value is -3.09. The molecule has 2 aromatic carbocycles. The fraction of sp³-hybridized carbons (Fsp3) is 0.0625. The van der Waals surface area contributed by atoms with Crippen molar-refractivity contribution in [3.63, 3.8) is 0 Å². The predicted octanol–water partition coefficient (Wildman–Crippen LogP) is 2.08. The maximum atomic E-state index is 13.4. The van der Waals surface area contributed by atoms with Gasteiger partial charge in [0, 0.05) is 5.56 Å². The van der Waals surface area contributed by atoms with Gasteiger partial charge in [0.1, 0.15) is 17.2 Å². The summed E-state index contributed by atoms with van der Waals surface area (Å²) in [4.78, 5) is 34.8. The normalized spacial score (nSPS) is 10.0. The van der Waals surface area contributed by atoms with Crippen LogP contribution in [0.4, 0.5) is 8.78 Å². The summed E-state index contributed by atoms with van der Waals surface area (Å²) in [7, 11) is 0. The van der Waals surface area contributed by atoms with Crippen molar-refractivity contribution in [1.29, 1.82) is 0 Å². The third kappa shape index (κ3) is 4.19. The molecular weight excluding hydrogens is 308 g/mol. The smallest absolute Gasteiger partial charge is 0.344 e. The van der Waals surface area contributed by atoms with Crippen molar-refractivity contribution < 1.29 is 27.9 Å². The molecule has 7 heteroatoms. The zero-order valence-electron chi connectivity index (χ0n) is 11.7. The number of imide groups is 1. The Bertz CT molecular complexity index is 727. The molecule has 2 rings (SSSR count). The van der Waals surface area contributed by atoms with E-state index in [9.17, 15) is 23.2 Å². The number of benzene rings is 2. The van der Waals surface area contributed by atoms with E-state index in [1.54, 1.807) is 18.2 Å². The first-order valence-corrected chi connectivity index (χ1v) is 6.49. The van der Waals surface area contributed by atoms with Gasteiger partial charge in [-0.05, 0) is 24.3 Å². The number of amides is 2. The van der Waals surface area contributed by atoms with Crippen LogP contribution >= 0.6 is 0 Å². The lowest BCUT2D eigenvalue weighted by atomic mass is 10.2. The van der Waals surface area contributed by atoms with Gasteiger partial charge in [0.05, 0.1) is 0 Å². The highest BCUT2D eigenvalue weighted by Crippen LogP contribution is 2.13. The first kappa shape index (κ1) is 16.3. The van der Waals surface area contributed by atoms with Crippen LogP contribution < -0.4 is 5.32 Å². The summed E-state index contributed by atoms with van der Waals surface area (Å²) in [6.07, 6.45) is 0. The Balaban J connectivity index is 1.92. The second-order valence-electron chi connectivity index (χ2n) is 4.42. The number of carbonyl (C=O) groups is 3. The second-order valence-corrected chi connectivity index (χ2v) is 4.42. The quantitative estimate of drug-likeness (QED) is 0.876. The molecule has 0 unspecified atom stereocenters. The largest absolute Gasteiger partial charge is 0.452 e. The van der Waals surface area contributed by atoms with Gasteiger partial charge in [-0.1, -0.05) is 24.3 Å². The number of esters is 1. The van der Waals surface area contributed by atoms with Crippen molar-refractivity contribution in [2.45, 2.75) is 0 Å². The van der Waals surface area contributed by atoms with Gasteiger partial charge < -0.3 is 4.74 Å². The van der Waals surface area contributed by atoms with E-state index in [1.807, 2.05) is 5.32 Å². The molecule has 0 aliphatic heterocycles. The molecule has 0 spiro atoms. The minimum absolute atomic E-state index is 0.243. The molecule has 0 aliphatic carbocycles. The fourth-order valence-corrected chi connectivity index (χ4v) is 1.72. The highest BCUT2D eigenvalue weighted by atomic mass is 19.1. The highest BCUT2D eigenvalue weighted by Gasteiger charge is 2.20. The van der Waals surface area contributed by atoms with Crippen molar-refractivity contribution in [2.75, 3.05) is 6.61 Å². The summed E-state index contributed by atoms with van der Waals surface area (Å²) < 4.78 is 31.2. The number of ether oxygens (including phenoxy) is 1. The Kier molecular flexibility index (Phi) is 5.14. The van der Waals surface area contributed by atoms with Gasteiger partial charge in [-0.2, -0.15) is 0 Å². The third-order valence-corrected chi connectivity index (χ3v) is 2.79. The van der Waals surface area contributed by atoms with Gasteiger partial charge in [0.2, 0.25) is 0 Å². The third-order valence-electron chi connectivity index (χ3n) is 2.79. The molecule has 0 saturated carbocycles. The first-order chi connectivity index (χ1) is 11.0. The molecule has 0 heterocycles. The Morgan fingerprint density at radius 3 is 2.13 bits per heavy atom. The van der Waals surface area contributed by atoms with Gasteiger partial charge in [-0.3, -0.25) is 14.9 Å². The zero-order chi connectivity index (χ0) is 16.8. The monoisotopic (exact) mass is 319 g/mol. The molecule has 2 aromatic rings. The maximum Gasteiger partial charge on any atom is 0.344 e. The van der Waals surface area contributed by atoms with Crippen molar-refractivity contribution in [2.24, 2.45) is 0 Å². The molecule has 0 radical (unpaired) electrons. The lowest BCUT2D eigenvalue weighted by Crippen LogP contribution is -2.34. The van der Waals surface area contributed by atoms with E-state index in [0.717, 1.165) is 18.2 Å². The van der Waals surface area contributed by atoms with Crippen LogP contribution in [-0.4, -0.2) is 24.4 Å². The first-order valence-electron chi connectivity index (χ1n) is 6.49. The zero-order valence-corrected chi connectivity index (χ0v) is 11.7. The summed E-state index contributed by atoms with van der Waals surface area (Å²) in [5.41, 5.74) is -0.651. The molecule has 2 amide bonds. The van der Waals surface area contributed by atoms with E-state index in [4.69, 9.17) is 0 Å².